The molecule has 0 aromatic rings. The van der Waals surface area contributed by atoms with Crippen LogP contribution in [0.3, 0.4) is 0 Å². The highest BCUT2D eigenvalue weighted by Crippen LogP contribution is 2.17. The molecule has 2 N–H and O–H groups in total. The standard InChI is InChI=1S/C11H22N2O3S/c1-8-5-12-6-9(8)10(14)13-7-11(2,3)17(4,15)16/h8-9,12H,5-7H2,1-4H3,(H,13,14)/t8-,9-/m1/s1. The number of hydrogen-bond acceptors (Lipinski definition) is 4. The van der Waals surface area contributed by atoms with E-state index in [0.29, 0.717) is 12.5 Å². The van der Waals surface area contributed by atoms with E-state index in [0.717, 1.165) is 6.54 Å². The largest absolute Gasteiger partial charge is 0.354 e. The van der Waals surface area contributed by atoms with Crippen LogP contribution in [0.2, 0.25) is 0 Å². The summed E-state index contributed by atoms with van der Waals surface area (Å²) in [5.41, 5.74) is 0. The molecule has 1 saturated heterocycles. The Balaban J connectivity index is 2.54. The summed E-state index contributed by atoms with van der Waals surface area (Å²) >= 11 is 0. The highest BCUT2D eigenvalue weighted by molar-refractivity contribution is 7.92. The lowest BCUT2D eigenvalue weighted by atomic mass is 9.97. The van der Waals surface area contributed by atoms with Crippen LogP contribution < -0.4 is 10.6 Å². The maximum Gasteiger partial charge on any atom is 0.224 e. The van der Waals surface area contributed by atoms with Gasteiger partial charge < -0.3 is 10.6 Å². The van der Waals surface area contributed by atoms with Crippen molar-refractivity contribution in [1.82, 2.24) is 10.6 Å². The fourth-order valence-electron chi connectivity index (χ4n) is 1.72. The molecule has 0 saturated carbocycles. The molecule has 100 valence electrons. The summed E-state index contributed by atoms with van der Waals surface area (Å²) in [6, 6.07) is 0. The Bertz CT molecular complexity index is 390. The topological polar surface area (TPSA) is 75.3 Å². The predicted octanol–water partition coefficient (Wildman–Crippen LogP) is -0.219. The third-order valence-corrected chi connectivity index (χ3v) is 5.70. The monoisotopic (exact) mass is 262 g/mol. The highest BCUT2D eigenvalue weighted by atomic mass is 32.2. The molecule has 5 nitrogen and oxygen atoms in total. The Morgan fingerprint density at radius 3 is 2.41 bits per heavy atom. The number of hydrogen-bond donors (Lipinski definition) is 2. The Kier molecular flexibility index (Phi) is 4.19. The van der Waals surface area contributed by atoms with E-state index < -0.39 is 14.6 Å². The van der Waals surface area contributed by atoms with Gasteiger partial charge in [-0.25, -0.2) is 8.42 Å². The van der Waals surface area contributed by atoms with Crippen LogP contribution in [-0.4, -0.2) is 45.0 Å². The lowest BCUT2D eigenvalue weighted by Crippen LogP contribution is -2.46. The van der Waals surface area contributed by atoms with Crippen molar-refractivity contribution in [3.63, 3.8) is 0 Å². The van der Waals surface area contributed by atoms with Crippen LogP contribution in [0.1, 0.15) is 20.8 Å². The van der Waals surface area contributed by atoms with Crippen LogP contribution in [0.15, 0.2) is 0 Å². The Morgan fingerprint density at radius 2 is 2.00 bits per heavy atom. The molecular formula is C11H22N2O3S. The van der Waals surface area contributed by atoms with Crippen LogP contribution in [-0.2, 0) is 14.6 Å². The molecular weight excluding hydrogens is 240 g/mol. The summed E-state index contributed by atoms with van der Waals surface area (Å²) in [7, 11) is -3.17. The fourth-order valence-corrected chi connectivity index (χ4v) is 2.06. The van der Waals surface area contributed by atoms with Crippen molar-refractivity contribution in [3.8, 4) is 0 Å². The molecule has 0 radical (unpaired) electrons. The fraction of sp³-hybridized carbons (Fsp3) is 0.909. The van der Waals surface area contributed by atoms with Crippen LogP contribution in [0.5, 0.6) is 0 Å². The second-order valence-corrected chi connectivity index (χ2v) is 8.14. The van der Waals surface area contributed by atoms with Gasteiger partial charge in [0.2, 0.25) is 5.91 Å². The lowest BCUT2D eigenvalue weighted by molar-refractivity contribution is -0.125. The van der Waals surface area contributed by atoms with Crippen LogP contribution >= 0.6 is 0 Å². The number of carbonyl (C=O) groups excluding carboxylic acids is 1. The SMILES string of the molecule is C[C@@H]1CNC[C@H]1C(=O)NCC(C)(C)S(C)(=O)=O. The van der Waals surface area contributed by atoms with Gasteiger partial charge >= 0.3 is 0 Å². The Hall–Kier alpha value is -0.620. The van der Waals surface area contributed by atoms with E-state index in [4.69, 9.17) is 0 Å². The maximum atomic E-state index is 11.9. The summed E-state index contributed by atoms with van der Waals surface area (Å²) in [5, 5.41) is 5.90. The van der Waals surface area contributed by atoms with E-state index >= 15 is 0 Å². The Morgan fingerprint density at radius 1 is 1.41 bits per heavy atom. The second-order valence-electron chi connectivity index (χ2n) is 5.49. The van der Waals surface area contributed by atoms with E-state index in [1.807, 2.05) is 6.92 Å². The first-order chi connectivity index (χ1) is 7.65. The van der Waals surface area contributed by atoms with Crippen LogP contribution in [0.4, 0.5) is 0 Å². The summed E-state index contributed by atoms with van der Waals surface area (Å²) < 4.78 is 22.1. The smallest absolute Gasteiger partial charge is 0.224 e. The third-order valence-electron chi connectivity index (χ3n) is 3.55. The van der Waals surface area contributed by atoms with Crippen molar-refractivity contribution in [2.75, 3.05) is 25.9 Å². The van der Waals surface area contributed by atoms with E-state index in [1.54, 1.807) is 13.8 Å². The molecule has 1 rings (SSSR count). The summed E-state index contributed by atoms with van der Waals surface area (Å²) in [6.07, 6.45) is 1.19. The number of rotatable bonds is 4. The van der Waals surface area contributed by atoms with Gasteiger partial charge in [0.15, 0.2) is 9.84 Å². The minimum atomic E-state index is -3.17. The summed E-state index contributed by atoms with van der Waals surface area (Å²) in [5.74, 6) is 0.195. The van der Waals surface area contributed by atoms with Gasteiger partial charge in [0, 0.05) is 19.3 Å². The molecule has 0 aliphatic carbocycles. The summed E-state index contributed by atoms with van der Waals surface area (Å²) in [4.78, 5) is 11.9. The second kappa shape index (κ2) is 4.94. The molecule has 0 bridgehead atoms. The van der Waals surface area contributed by atoms with Gasteiger partial charge in [0.05, 0.1) is 10.7 Å². The van der Waals surface area contributed by atoms with Crippen molar-refractivity contribution >= 4 is 15.7 Å². The number of nitrogens with one attached hydrogen (secondary N) is 2. The maximum absolute atomic E-state index is 11.9. The number of amides is 1. The zero-order valence-electron chi connectivity index (χ0n) is 10.9. The van der Waals surface area contributed by atoms with Gasteiger partial charge in [-0.2, -0.15) is 0 Å². The molecule has 6 heteroatoms. The van der Waals surface area contributed by atoms with Crippen LogP contribution in [0, 0.1) is 11.8 Å². The molecule has 1 fully saturated rings. The van der Waals surface area contributed by atoms with Gasteiger partial charge in [-0.05, 0) is 26.3 Å². The molecule has 1 aliphatic rings. The lowest BCUT2D eigenvalue weighted by Gasteiger charge is -2.24. The highest BCUT2D eigenvalue weighted by Gasteiger charge is 2.34. The number of carbonyl (C=O) groups is 1. The molecule has 17 heavy (non-hydrogen) atoms. The summed E-state index contributed by atoms with van der Waals surface area (Å²) in [6.45, 7) is 6.94. The minimum Gasteiger partial charge on any atom is -0.354 e. The molecule has 0 unspecified atom stereocenters. The van der Waals surface area contributed by atoms with Crippen LogP contribution in [0.25, 0.3) is 0 Å². The van der Waals surface area contributed by atoms with Gasteiger partial charge in [-0.3, -0.25) is 4.79 Å². The van der Waals surface area contributed by atoms with E-state index in [-0.39, 0.29) is 18.4 Å². The first-order valence-corrected chi connectivity index (χ1v) is 7.72. The first-order valence-electron chi connectivity index (χ1n) is 5.83. The van der Waals surface area contributed by atoms with E-state index in [2.05, 4.69) is 10.6 Å². The van der Waals surface area contributed by atoms with E-state index in [9.17, 15) is 13.2 Å². The van der Waals surface area contributed by atoms with Gasteiger partial charge in [-0.15, -0.1) is 0 Å². The third kappa shape index (κ3) is 3.42. The zero-order valence-corrected chi connectivity index (χ0v) is 11.7. The minimum absolute atomic E-state index is 0.0506. The molecule has 2 atom stereocenters. The molecule has 1 heterocycles. The van der Waals surface area contributed by atoms with Crippen molar-refractivity contribution < 1.29 is 13.2 Å². The molecule has 1 amide bonds. The van der Waals surface area contributed by atoms with Crippen molar-refractivity contribution in [3.05, 3.63) is 0 Å². The normalized spacial score (nSPS) is 25.9. The van der Waals surface area contributed by atoms with Gasteiger partial charge in [-0.1, -0.05) is 6.92 Å². The Labute approximate surface area is 103 Å². The van der Waals surface area contributed by atoms with E-state index in [1.165, 1.54) is 6.26 Å². The quantitative estimate of drug-likeness (QED) is 0.734. The van der Waals surface area contributed by atoms with Crippen molar-refractivity contribution in [1.29, 1.82) is 0 Å². The number of sulfone groups is 1. The van der Waals surface area contributed by atoms with Gasteiger partial charge in [0.1, 0.15) is 0 Å². The molecule has 0 spiro atoms. The zero-order chi connectivity index (χ0) is 13.3. The predicted molar refractivity (Wildman–Crippen MR) is 67.5 cm³/mol. The first kappa shape index (κ1) is 14.4. The molecule has 0 aromatic carbocycles. The van der Waals surface area contributed by atoms with Gasteiger partial charge in [0.25, 0.3) is 0 Å². The molecule has 1 aliphatic heterocycles. The average molecular weight is 262 g/mol. The van der Waals surface area contributed by atoms with Crippen molar-refractivity contribution in [2.24, 2.45) is 11.8 Å². The van der Waals surface area contributed by atoms with Crippen molar-refractivity contribution in [2.45, 2.75) is 25.5 Å². The average Bonchev–Trinajstić information content (AvgIpc) is 2.59. The molecule has 0 aromatic heterocycles.